The second kappa shape index (κ2) is 3.86. The number of hydrogen-bond acceptors (Lipinski definition) is 3. The molecule has 0 aromatic heterocycles. The first-order valence-corrected chi connectivity index (χ1v) is 4.26. The summed E-state index contributed by atoms with van der Waals surface area (Å²) in [7, 11) is 0. The van der Waals surface area contributed by atoms with Gasteiger partial charge in [0, 0.05) is 0 Å². The molecule has 0 bridgehead atoms. The summed E-state index contributed by atoms with van der Waals surface area (Å²) in [6.45, 7) is 0. The highest BCUT2D eigenvalue weighted by Crippen LogP contribution is 2.20. The van der Waals surface area contributed by atoms with Gasteiger partial charge in [0.1, 0.15) is 6.10 Å². The average molecular weight is 160 g/mol. The summed E-state index contributed by atoms with van der Waals surface area (Å²) in [5.41, 5.74) is 0. The molecule has 2 nitrogen and oxygen atoms in total. The molecule has 3 heteroatoms. The maximum Gasteiger partial charge on any atom is 0.315 e. The lowest BCUT2D eigenvalue weighted by atomic mass is 10.3. The first-order chi connectivity index (χ1) is 4.83. The largest absolute Gasteiger partial charge is 0.462 e. The Morgan fingerprint density at radius 1 is 1.50 bits per heavy atom. The van der Waals surface area contributed by atoms with Gasteiger partial charge < -0.3 is 4.74 Å². The molecule has 0 spiro atoms. The Kier molecular flexibility index (Phi) is 3.06. The number of esters is 1. The van der Waals surface area contributed by atoms with Gasteiger partial charge in [0.2, 0.25) is 0 Å². The summed E-state index contributed by atoms with van der Waals surface area (Å²) in [5, 5.41) is 0. The Labute approximate surface area is 66.4 Å². The number of rotatable bonds is 2. The van der Waals surface area contributed by atoms with Gasteiger partial charge in [-0.05, 0) is 25.7 Å². The predicted molar refractivity (Wildman–Crippen MR) is 42.2 cm³/mol. The van der Waals surface area contributed by atoms with Crippen molar-refractivity contribution in [3.05, 3.63) is 0 Å². The van der Waals surface area contributed by atoms with Crippen molar-refractivity contribution in [2.24, 2.45) is 0 Å². The number of thiol groups is 1. The summed E-state index contributed by atoms with van der Waals surface area (Å²) in [6, 6.07) is 0. The molecular weight excluding hydrogens is 148 g/mol. The van der Waals surface area contributed by atoms with Gasteiger partial charge in [0.25, 0.3) is 0 Å². The van der Waals surface area contributed by atoms with Gasteiger partial charge >= 0.3 is 5.97 Å². The Morgan fingerprint density at radius 3 is 2.60 bits per heavy atom. The number of carbonyl (C=O) groups is 1. The van der Waals surface area contributed by atoms with Crippen LogP contribution in [0.5, 0.6) is 0 Å². The summed E-state index contributed by atoms with van der Waals surface area (Å²) in [6.07, 6.45) is 4.67. The molecule has 1 rings (SSSR count). The Hall–Kier alpha value is -0.180. The third-order valence-electron chi connectivity index (χ3n) is 1.73. The third kappa shape index (κ3) is 2.21. The SMILES string of the molecule is O=C(CS)OC1CCCC1. The van der Waals surface area contributed by atoms with Crippen LogP contribution in [0.4, 0.5) is 0 Å². The van der Waals surface area contributed by atoms with E-state index in [0.29, 0.717) is 0 Å². The molecule has 0 saturated heterocycles. The Balaban J connectivity index is 2.17. The molecule has 0 atom stereocenters. The van der Waals surface area contributed by atoms with Crippen LogP contribution in [-0.4, -0.2) is 17.8 Å². The van der Waals surface area contributed by atoms with Crippen molar-refractivity contribution in [3.8, 4) is 0 Å². The van der Waals surface area contributed by atoms with E-state index in [4.69, 9.17) is 4.74 Å². The van der Waals surface area contributed by atoms with Crippen molar-refractivity contribution >= 4 is 18.6 Å². The van der Waals surface area contributed by atoms with E-state index in [9.17, 15) is 4.79 Å². The van der Waals surface area contributed by atoms with E-state index in [1.54, 1.807) is 0 Å². The third-order valence-corrected chi connectivity index (χ3v) is 1.99. The van der Waals surface area contributed by atoms with E-state index >= 15 is 0 Å². The molecule has 1 fully saturated rings. The van der Waals surface area contributed by atoms with Crippen LogP contribution in [0, 0.1) is 0 Å². The van der Waals surface area contributed by atoms with Crippen molar-refractivity contribution < 1.29 is 9.53 Å². The highest BCUT2D eigenvalue weighted by molar-refractivity contribution is 7.81. The molecule has 0 aliphatic heterocycles. The standard InChI is InChI=1S/C7H12O2S/c8-7(5-10)9-6-3-1-2-4-6/h6,10H,1-5H2. The lowest BCUT2D eigenvalue weighted by Crippen LogP contribution is -2.15. The number of hydrogen-bond donors (Lipinski definition) is 1. The topological polar surface area (TPSA) is 26.3 Å². The number of ether oxygens (including phenoxy) is 1. The van der Waals surface area contributed by atoms with Crippen LogP contribution < -0.4 is 0 Å². The smallest absolute Gasteiger partial charge is 0.315 e. The fraction of sp³-hybridized carbons (Fsp3) is 0.857. The van der Waals surface area contributed by atoms with E-state index in [2.05, 4.69) is 12.6 Å². The predicted octanol–water partition coefficient (Wildman–Crippen LogP) is 1.40. The van der Waals surface area contributed by atoms with E-state index < -0.39 is 0 Å². The molecule has 0 N–H and O–H groups in total. The van der Waals surface area contributed by atoms with E-state index in [1.165, 1.54) is 12.8 Å². The molecule has 1 saturated carbocycles. The summed E-state index contributed by atoms with van der Waals surface area (Å²) >= 11 is 3.81. The zero-order chi connectivity index (χ0) is 7.40. The summed E-state index contributed by atoms with van der Waals surface area (Å²) in [5.74, 6) is 0.0199. The monoisotopic (exact) mass is 160 g/mol. The second-order valence-electron chi connectivity index (χ2n) is 2.55. The molecule has 0 unspecified atom stereocenters. The van der Waals surface area contributed by atoms with Crippen LogP contribution in [0.2, 0.25) is 0 Å². The van der Waals surface area contributed by atoms with Gasteiger partial charge in [0.15, 0.2) is 0 Å². The molecular formula is C7H12O2S. The molecule has 10 heavy (non-hydrogen) atoms. The highest BCUT2D eigenvalue weighted by Gasteiger charge is 2.17. The van der Waals surface area contributed by atoms with Crippen LogP contribution >= 0.6 is 12.6 Å². The molecule has 0 amide bonds. The fourth-order valence-electron chi connectivity index (χ4n) is 1.23. The minimum atomic E-state index is -0.185. The zero-order valence-electron chi connectivity index (χ0n) is 5.88. The minimum Gasteiger partial charge on any atom is -0.462 e. The van der Waals surface area contributed by atoms with Crippen LogP contribution in [-0.2, 0) is 9.53 Å². The molecule has 1 aliphatic rings. The van der Waals surface area contributed by atoms with Gasteiger partial charge in [-0.2, -0.15) is 12.6 Å². The lowest BCUT2D eigenvalue weighted by molar-refractivity contribution is -0.145. The molecule has 0 heterocycles. The average Bonchev–Trinajstić information content (AvgIpc) is 2.40. The van der Waals surface area contributed by atoms with Gasteiger partial charge in [-0.3, -0.25) is 4.79 Å². The quantitative estimate of drug-likeness (QED) is 0.488. The van der Waals surface area contributed by atoms with Crippen molar-refractivity contribution in [1.82, 2.24) is 0 Å². The molecule has 1 aliphatic carbocycles. The van der Waals surface area contributed by atoms with Crippen LogP contribution in [0.3, 0.4) is 0 Å². The van der Waals surface area contributed by atoms with Gasteiger partial charge in [-0.1, -0.05) is 0 Å². The summed E-state index contributed by atoms with van der Waals surface area (Å²) < 4.78 is 5.05. The maximum atomic E-state index is 10.7. The maximum absolute atomic E-state index is 10.7. The van der Waals surface area contributed by atoms with E-state index in [0.717, 1.165) is 12.8 Å². The van der Waals surface area contributed by atoms with Crippen LogP contribution in [0.25, 0.3) is 0 Å². The Bertz CT molecular complexity index is 119. The lowest BCUT2D eigenvalue weighted by Gasteiger charge is -2.08. The van der Waals surface area contributed by atoms with Gasteiger partial charge in [-0.15, -0.1) is 0 Å². The molecule has 58 valence electrons. The Morgan fingerprint density at radius 2 is 2.10 bits per heavy atom. The van der Waals surface area contributed by atoms with Crippen molar-refractivity contribution in [1.29, 1.82) is 0 Å². The molecule has 0 radical (unpaired) electrons. The fourth-order valence-corrected chi connectivity index (χ4v) is 1.30. The van der Waals surface area contributed by atoms with E-state index in [1.807, 2.05) is 0 Å². The van der Waals surface area contributed by atoms with E-state index in [-0.39, 0.29) is 17.8 Å². The van der Waals surface area contributed by atoms with Crippen molar-refractivity contribution in [2.75, 3.05) is 5.75 Å². The van der Waals surface area contributed by atoms with Gasteiger partial charge in [-0.25, -0.2) is 0 Å². The molecule has 0 aromatic rings. The zero-order valence-corrected chi connectivity index (χ0v) is 6.77. The molecule has 0 aromatic carbocycles. The van der Waals surface area contributed by atoms with Crippen LogP contribution in [0.15, 0.2) is 0 Å². The highest BCUT2D eigenvalue weighted by atomic mass is 32.1. The summed E-state index contributed by atoms with van der Waals surface area (Å²) in [4.78, 5) is 10.7. The van der Waals surface area contributed by atoms with Crippen LogP contribution in [0.1, 0.15) is 25.7 Å². The van der Waals surface area contributed by atoms with Crippen molar-refractivity contribution in [2.45, 2.75) is 31.8 Å². The minimum absolute atomic E-state index is 0.185. The second-order valence-corrected chi connectivity index (χ2v) is 2.87. The normalized spacial score (nSPS) is 19.3. The first-order valence-electron chi connectivity index (χ1n) is 3.63. The van der Waals surface area contributed by atoms with Gasteiger partial charge in [0.05, 0.1) is 5.75 Å². The number of carbonyl (C=O) groups excluding carboxylic acids is 1. The van der Waals surface area contributed by atoms with Crippen molar-refractivity contribution in [3.63, 3.8) is 0 Å². The first kappa shape index (κ1) is 7.92.